The van der Waals surface area contributed by atoms with E-state index in [4.69, 9.17) is 0 Å². The maximum atomic E-state index is 12.7. The first-order valence-corrected chi connectivity index (χ1v) is 12.2. The molecule has 0 aliphatic rings. The van der Waals surface area contributed by atoms with Crippen molar-refractivity contribution < 1.29 is 19.8 Å². The van der Waals surface area contributed by atoms with E-state index in [-0.39, 0.29) is 16.5 Å². The predicted octanol–water partition coefficient (Wildman–Crippen LogP) is 8.33. The van der Waals surface area contributed by atoms with Gasteiger partial charge in [-0.1, -0.05) is 99.6 Å². The van der Waals surface area contributed by atoms with E-state index in [9.17, 15) is 19.8 Å². The number of carboxylic acids is 2. The van der Waals surface area contributed by atoms with Crippen molar-refractivity contribution in [3.8, 4) is 22.3 Å². The second-order valence-electron chi connectivity index (χ2n) is 10.5. The Morgan fingerprint density at radius 3 is 1.62 bits per heavy atom. The van der Waals surface area contributed by atoms with Crippen LogP contribution in [0.4, 0.5) is 0 Å². The Labute approximate surface area is 215 Å². The fourth-order valence-electron chi connectivity index (χ4n) is 5.23. The lowest BCUT2D eigenvalue weighted by Gasteiger charge is -2.25. The second kappa shape index (κ2) is 8.90. The summed E-state index contributed by atoms with van der Waals surface area (Å²) in [5.41, 5.74) is 4.75. The van der Waals surface area contributed by atoms with E-state index in [2.05, 4.69) is 26.8 Å². The second-order valence-corrected chi connectivity index (χ2v) is 10.5. The minimum atomic E-state index is -1.02. The van der Waals surface area contributed by atoms with E-state index in [1.54, 1.807) is 0 Å². The van der Waals surface area contributed by atoms with Crippen LogP contribution in [0.1, 0.15) is 52.6 Å². The van der Waals surface area contributed by atoms with Gasteiger partial charge in [0.05, 0.1) is 11.1 Å². The summed E-state index contributed by atoms with van der Waals surface area (Å²) >= 11 is 0. The van der Waals surface area contributed by atoms with Crippen molar-refractivity contribution in [3.05, 3.63) is 107 Å². The number of hydrogen-bond acceptors (Lipinski definition) is 2. The minimum absolute atomic E-state index is 0.197. The van der Waals surface area contributed by atoms with Gasteiger partial charge in [-0.05, 0) is 73.3 Å². The number of hydrogen-bond donors (Lipinski definition) is 2. The Hall–Kier alpha value is -4.44. The molecule has 0 aliphatic heterocycles. The third-order valence-corrected chi connectivity index (χ3v) is 7.05. The van der Waals surface area contributed by atoms with Crippen molar-refractivity contribution >= 4 is 33.5 Å². The molecule has 4 nitrogen and oxygen atoms in total. The number of aromatic carboxylic acids is 2. The fraction of sp³-hybridized carbons (Fsp3) is 0.152. The molecule has 0 saturated carbocycles. The van der Waals surface area contributed by atoms with Crippen molar-refractivity contribution in [2.75, 3.05) is 0 Å². The zero-order valence-corrected chi connectivity index (χ0v) is 21.3. The van der Waals surface area contributed by atoms with Crippen LogP contribution in [-0.2, 0) is 5.41 Å². The molecule has 2 N–H and O–H groups in total. The number of aryl methyl sites for hydroxylation is 1. The van der Waals surface area contributed by atoms with Crippen molar-refractivity contribution in [3.63, 3.8) is 0 Å². The van der Waals surface area contributed by atoms with Crippen molar-refractivity contribution in [2.24, 2.45) is 0 Å². The average Bonchev–Trinajstić information content (AvgIpc) is 2.86. The van der Waals surface area contributed by atoms with Crippen LogP contribution in [0.25, 0.3) is 43.8 Å². The third kappa shape index (κ3) is 4.15. The van der Waals surface area contributed by atoms with E-state index >= 15 is 0 Å². The number of carbonyl (C=O) groups is 2. The Morgan fingerprint density at radius 1 is 0.622 bits per heavy atom. The highest BCUT2D eigenvalue weighted by molar-refractivity contribution is 6.14. The molecule has 37 heavy (non-hydrogen) atoms. The molecule has 0 unspecified atom stereocenters. The highest BCUT2D eigenvalue weighted by Gasteiger charge is 2.26. The van der Waals surface area contributed by atoms with E-state index in [0.717, 1.165) is 27.5 Å². The molecule has 0 aromatic heterocycles. The predicted molar refractivity (Wildman–Crippen MR) is 150 cm³/mol. The first kappa shape index (κ1) is 24.3. The molecule has 0 aliphatic carbocycles. The van der Waals surface area contributed by atoms with E-state index in [1.165, 1.54) is 0 Å². The summed E-state index contributed by atoms with van der Waals surface area (Å²) < 4.78 is 0. The quantitative estimate of drug-likeness (QED) is 0.267. The van der Waals surface area contributed by atoms with Gasteiger partial charge < -0.3 is 10.2 Å². The van der Waals surface area contributed by atoms with E-state index in [1.807, 2.05) is 85.8 Å². The van der Waals surface area contributed by atoms with Gasteiger partial charge in [-0.3, -0.25) is 0 Å². The molecule has 0 heterocycles. The molecule has 0 saturated heterocycles. The van der Waals surface area contributed by atoms with Gasteiger partial charge in [0.1, 0.15) is 0 Å². The molecule has 184 valence electrons. The average molecular weight is 489 g/mol. The van der Waals surface area contributed by atoms with Crippen LogP contribution >= 0.6 is 0 Å². The first-order chi connectivity index (χ1) is 17.6. The molecule has 5 aromatic rings. The van der Waals surface area contributed by atoms with Crippen molar-refractivity contribution in [2.45, 2.75) is 33.1 Å². The lowest BCUT2D eigenvalue weighted by atomic mass is 9.79. The topological polar surface area (TPSA) is 74.6 Å². The summed E-state index contributed by atoms with van der Waals surface area (Å²) in [5.74, 6) is -2.04. The highest BCUT2D eigenvalue weighted by Crippen LogP contribution is 2.43. The Kier molecular flexibility index (Phi) is 5.83. The van der Waals surface area contributed by atoms with Crippen molar-refractivity contribution in [1.29, 1.82) is 0 Å². The Balaban J connectivity index is 1.96. The molecule has 0 spiro atoms. The van der Waals surface area contributed by atoms with Crippen LogP contribution in [0.15, 0.2) is 84.9 Å². The van der Waals surface area contributed by atoms with Gasteiger partial charge in [-0.2, -0.15) is 0 Å². The fourth-order valence-corrected chi connectivity index (χ4v) is 5.23. The Morgan fingerprint density at radius 2 is 1.11 bits per heavy atom. The first-order valence-electron chi connectivity index (χ1n) is 12.2. The molecule has 5 rings (SSSR count). The van der Waals surface area contributed by atoms with Gasteiger partial charge in [-0.25, -0.2) is 9.59 Å². The van der Waals surface area contributed by atoms with Crippen LogP contribution in [0.5, 0.6) is 0 Å². The van der Waals surface area contributed by atoms with Crippen molar-refractivity contribution in [1.82, 2.24) is 0 Å². The molecule has 0 radical (unpaired) electrons. The smallest absolute Gasteiger partial charge is 0.336 e. The summed E-state index contributed by atoms with van der Waals surface area (Å²) in [7, 11) is 0. The molecule has 5 aromatic carbocycles. The van der Waals surface area contributed by atoms with Gasteiger partial charge in [-0.15, -0.1) is 0 Å². The van der Waals surface area contributed by atoms with Crippen LogP contribution in [0.3, 0.4) is 0 Å². The lowest BCUT2D eigenvalue weighted by molar-refractivity contribution is 0.0688. The highest BCUT2D eigenvalue weighted by atomic mass is 16.4. The molecule has 0 bridgehead atoms. The van der Waals surface area contributed by atoms with Gasteiger partial charge in [0.25, 0.3) is 0 Å². The number of benzene rings is 5. The normalized spacial score (nSPS) is 11.7. The summed E-state index contributed by atoms with van der Waals surface area (Å²) in [5, 5.41) is 23.7. The summed E-state index contributed by atoms with van der Waals surface area (Å²) in [6, 6.07) is 26.5. The van der Waals surface area contributed by atoms with Gasteiger partial charge in [0.15, 0.2) is 0 Å². The third-order valence-electron chi connectivity index (χ3n) is 7.05. The molecular weight excluding hydrogens is 460 g/mol. The largest absolute Gasteiger partial charge is 0.478 e. The maximum Gasteiger partial charge on any atom is 0.336 e. The molecule has 0 amide bonds. The number of carboxylic acid groups (broad SMARTS) is 2. The molecule has 4 heteroatoms. The molecular formula is C33H28O4. The molecule has 0 atom stereocenters. The minimum Gasteiger partial charge on any atom is -0.478 e. The molecule has 0 fully saturated rings. The van der Waals surface area contributed by atoms with E-state index in [0.29, 0.717) is 27.5 Å². The SMILES string of the molecule is Cc1cc(C(C)(C)C)cc(-c2ccc3ccccc3c2C(=O)O)c1-c1ccc2ccccc2c1C(=O)O. The van der Waals surface area contributed by atoms with Gasteiger partial charge >= 0.3 is 11.9 Å². The van der Waals surface area contributed by atoms with E-state index < -0.39 is 11.9 Å². The van der Waals surface area contributed by atoms with Crippen LogP contribution < -0.4 is 0 Å². The zero-order chi connectivity index (χ0) is 26.5. The zero-order valence-electron chi connectivity index (χ0n) is 21.3. The monoisotopic (exact) mass is 488 g/mol. The summed E-state index contributed by atoms with van der Waals surface area (Å²) in [6.07, 6.45) is 0. The summed E-state index contributed by atoms with van der Waals surface area (Å²) in [4.78, 5) is 25.3. The standard InChI is InChI=1S/C33H28O4/c1-19-17-22(33(2,3)4)18-27(25-15-13-20-9-5-7-11-23(20)29(25)31(34)35)28(19)26-16-14-21-10-6-8-12-24(21)30(26)32(36)37/h5-18H,1-4H3,(H,34,35)(H,36,37). The maximum absolute atomic E-state index is 12.7. The Bertz CT molecular complexity index is 1720. The number of rotatable bonds is 4. The van der Waals surface area contributed by atoms with Crippen LogP contribution in [0, 0.1) is 6.92 Å². The lowest BCUT2D eigenvalue weighted by Crippen LogP contribution is -2.13. The summed E-state index contributed by atoms with van der Waals surface area (Å²) in [6.45, 7) is 8.31. The van der Waals surface area contributed by atoms with Gasteiger partial charge in [0, 0.05) is 0 Å². The number of fused-ring (bicyclic) bond motifs is 2. The van der Waals surface area contributed by atoms with Gasteiger partial charge in [0.2, 0.25) is 0 Å². The van der Waals surface area contributed by atoms with Crippen LogP contribution in [0.2, 0.25) is 0 Å². The van der Waals surface area contributed by atoms with Crippen LogP contribution in [-0.4, -0.2) is 22.2 Å².